The van der Waals surface area contributed by atoms with Gasteiger partial charge in [-0.3, -0.25) is 0 Å². The van der Waals surface area contributed by atoms with Gasteiger partial charge in [0.1, 0.15) is 0 Å². The molecule has 5 radical (unpaired) electrons. The molecule has 1 aliphatic rings. The van der Waals surface area contributed by atoms with E-state index in [4.69, 9.17) is 4.12 Å². The molecule has 1 heterocycles. The van der Waals surface area contributed by atoms with Crippen LogP contribution in [-0.4, -0.2) is 34.0 Å². The van der Waals surface area contributed by atoms with Crippen molar-refractivity contribution >= 4 is 44.3 Å². The summed E-state index contributed by atoms with van der Waals surface area (Å²) in [5.41, 5.74) is 0. The highest BCUT2D eigenvalue weighted by molar-refractivity contribution is 6.94. The second-order valence-electron chi connectivity index (χ2n) is 2.26. The van der Waals surface area contributed by atoms with E-state index in [2.05, 4.69) is 34.5 Å². The Morgan fingerprint density at radius 3 is 3.09 bits per heavy atom. The van der Waals surface area contributed by atoms with Crippen LogP contribution in [-0.2, 0) is 4.12 Å². The normalized spacial score (nSPS) is 18.1. The van der Waals surface area contributed by atoms with Gasteiger partial charge in [0, 0.05) is 0 Å². The van der Waals surface area contributed by atoms with Crippen LogP contribution >= 0.6 is 0 Å². The van der Waals surface area contributed by atoms with Crippen LogP contribution in [0.25, 0.3) is 0 Å². The van der Waals surface area contributed by atoms with Gasteiger partial charge in [0.2, 0.25) is 8.65 Å². The number of benzene rings is 1. The molecule has 11 heavy (non-hydrogen) atoms. The van der Waals surface area contributed by atoms with Gasteiger partial charge in [-0.05, 0) is 10.4 Å². The lowest BCUT2D eigenvalue weighted by Gasteiger charge is -1.94. The fourth-order valence-corrected chi connectivity index (χ4v) is 5.26. The molecule has 0 aliphatic carbocycles. The first-order valence-electron chi connectivity index (χ1n) is 3.31. The van der Waals surface area contributed by atoms with Gasteiger partial charge in [0.15, 0.2) is 0 Å². The zero-order chi connectivity index (χ0) is 7.68. The highest BCUT2D eigenvalue weighted by atomic mass is 28.3. The van der Waals surface area contributed by atoms with Crippen molar-refractivity contribution in [2.45, 2.75) is 0 Å². The Kier molecular flexibility index (Phi) is 1.89. The number of fused-ring (bicyclic) bond motifs is 1. The zero-order valence-corrected chi connectivity index (χ0v) is 8.79. The van der Waals surface area contributed by atoms with E-state index in [0.717, 1.165) is 0 Å². The Morgan fingerprint density at radius 2 is 2.27 bits per heavy atom. The van der Waals surface area contributed by atoms with E-state index >= 15 is 0 Å². The first kappa shape index (κ1) is 7.20. The molecule has 1 aromatic carbocycles. The summed E-state index contributed by atoms with van der Waals surface area (Å²) in [4.78, 5) is 0. The van der Waals surface area contributed by atoms with Crippen molar-refractivity contribution in [2.24, 2.45) is 0 Å². The Hall–Kier alpha value is -0.459. The molecule has 0 saturated carbocycles. The van der Waals surface area contributed by atoms with Crippen LogP contribution in [0.15, 0.2) is 24.3 Å². The number of hydrogen-bond donors (Lipinski definition) is 0. The molecule has 0 spiro atoms. The molecule has 2 rings (SSSR count). The number of rotatable bonds is 0. The Balaban J connectivity index is 2.55. The molecule has 1 aliphatic heterocycles. The fourth-order valence-electron chi connectivity index (χ4n) is 1.06. The van der Waals surface area contributed by atoms with E-state index in [1.54, 1.807) is 0 Å². The van der Waals surface area contributed by atoms with Crippen molar-refractivity contribution in [2.75, 3.05) is 0 Å². The van der Waals surface area contributed by atoms with E-state index in [0.29, 0.717) is 9.76 Å². The minimum absolute atomic E-state index is 0.550. The quantitative estimate of drug-likeness (QED) is 0.460. The van der Waals surface area contributed by atoms with E-state index < -0.39 is 8.65 Å². The molecule has 0 N–H and O–H groups in total. The molecule has 0 saturated heterocycles. The first-order chi connectivity index (χ1) is 5.42. The van der Waals surface area contributed by atoms with E-state index in [9.17, 15) is 0 Å². The fraction of sp³-hybridized carbons (Fsp3) is 0. The lowest BCUT2D eigenvalue weighted by atomic mass is 10.4. The smallest absolute Gasteiger partial charge is 0.335 e. The van der Waals surface area contributed by atoms with Crippen LogP contribution in [0, 0.1) is 0 Å². The van der Waals surface area contributed by atoms with Gasteiger partial charge in [0.05, 0.1) is 10.2 Å². The Morgan fingerprint density at radius 1 is 1.45 bits per heavy atom. The molecule has 0 bridgehead atoms. The highest BCUT2D eigenvalue weighted by Gasteiger charge is 2.18. The van der Waals surface area contributed by atoms with Gasteiger partial charge in [-0.2, -0.15) is 0 Å². The summed E-state index contributed by atoms with van der Waals surface area (Å²) >= 11 is 0. The second kappa shape index (κ2) is 2.88. The van der Waals surface area contributed by atoms with E-state index in [1.165, 1.54) is 10.4 Å². The van der Waals surface area contributed by atoms with Crippen molar-refractivity contribution < 1.29 is 4.12 Å². The maximum atomic E-state index is 5.60. The van der Waals surface area contributed by atoms with Crippen LogP contribution in [0.2, 0.25) is 0 Å². The van der Waals surface area contributed by atoms with Crippen molar-refractivity contribution in [3.05, 3.63) is 24.3 Å². The first-order valence-corrected chi connectivity index (χ1v) is 6.28. The Bertz CT molecular complexity index is 308. The maximum absolute atomic E-state index is 5.60. The summed E-state index contributed by atoms with van der Waals surface area (Å²) < 4.78 is 5.60. The third-order valence-corrected chi connectivity index (χ3v) is 5.80. The summed E-state index contributed by atoms with van der Waals surface area (Å²) in [7, 11) is 3.13. The molecule has 51 valence electrons. The molecule has 0 atom stereocenters. The third kappa shape index (κ3) is 1.17. The van der Waals surface area contributed by atoms with Crippen LogP contribution in [0.4, 0.5) is 0 Å². The van der Waals surface area contributed by atoms with Gasteiger partial charge < -0.3 is 4.12 Å². The second-order valence-corrected chi connectivity index (χ2v) is 6.24. The number of hydrogen-bond acceptors (Lipinski definition) is 1. The van der Waals surface area contributed by atoms with Gasteiger partial charge in [-0.15, -0.1) is 0 Å². The molecular weight excluding hydrogens is 184 g/mol. The van der Waals surface area contributed by atoms with Crippen LogP contribution in [0.3, 0.4) is 0 Å². The van der Waals surface area contributed by atoms with Gasteiger partial charge in [-0.25, -0.2) is 0 Å². The van der Waals surface area contributed by atoms with Crippen LogP contribution in [0.5, 0.6) is 0 Å². The van der Waals surface area contributed by atoms with Crippen LogP contribution < -0.4 is 10.4 Å². The van der Waals surface area contributed by atoms with E-state index in [-0.39, 0.29) is 0 Å². The lowest BCUT2D eigenvalue weighted by molar-refractivity contribution is 0.666. The predicted octanol–water partition coefficient (Wildman–Crippen LogP) is -1.33. The highest BCUT2D eigenvalue weighted by Crippen LogP contribution is 1.89. The van der Waals surface area contributed by atoms with Crippen molar-refractivity contribution in [1.29, 1.82) is 0 Å². The van der Waals surface area contributed by atoms with Crippen LogP contribution in [0.1, 0.15) is 0 Å². The summed E-state index contributed by atoms with van der Waals surface area (Å²) in [5.74, 6) is 0. The van der Waals surface area contributed by atoms with E-state index in [1.807, 2.05) is 5.30 Å². The SMILES string of the molecule is [Si]C=[Si]1O[Si]c2ccccc21. The van der Waals surface area contributed by atoms with Gasteiger partial charge in [-0.1, -0.05) is 29.6 Å². The minimum atomic E-state index is -0.807. The molecule has 0 amide bonds. The largest absolute Gasteiger partial charge is 0.599 e. The standard InChI is InChI=1S/C7H5OSi3/c9-5-11-7-4-2-1-3-6(7)10-8-11/h1-5H. The molecule has 1 nitrogen and oxygen atoms in total. The lowest BCUT2D eigenvalue weighted by Crippen LogP contribution is -2.29. The van der Waals surface area contributed by atoms with Gasteiger partial charge in [0.25, 0.3) is 0 Å². The third-order valence-electron chi connectivity index (χ3n) is 1.59. The summed E-state index contributed by atoms with van der Waals surface area (Å²) in [6.45, 7) is 0. The minimum Gasteiger partial charge on any atom is -0.599 e. The van der Waals surface area contributed by atoms with Crippen molar-refractivity contribution in [1.82, 2.24) is 0 Å². The maximum Gasteiger partial charge on any atom is 0.335 e. The summed E-state index contributed by atoms with van der Waals surface area (Å²) in [5, 5.41) is 4.77. The molecule has 1 aromatic rings. The summed E-state index contributed by atoms with van der Waals surface area (Å²) in [6, 6.07) is 8.42. The van der Waals surface area contributed by atoms with Crippen molar-refractivity contribution in [3.63, 3.8) is 0 Å². The van der Waals surface area contributed by atoms with Crippen molar-refractivity contribution in [3.8, 4) is 0 Å². The summed E-state index contributed by atoms with van der Waals surface area (Å²) in [6.07, 6.45) is 0. The zero-order valence-electron chi connectivity index (χ0n) is 5.79. The molecule has 0 aromatic heterocycles. The topological polar surface area (TPSA) is 9.23 Å². The average molecular weight is 189 g/mol. The van der Waals surface area contributed by atoms with Gasteiger partial charge >= 0.3 is 9.76 Å². The molecular formula is C7H5OSi3. The predicted molar refractivity (Wildman–Crippen MR) is 50.1 cm³/mol. The molecule has 4 heteroatoms. The molecule has 0 fully saturated rings. The molecule has 0 unspecified atom stereocenters. The Labute approximate surface area is 73.1 Å². The monoisotopic (exact) mass is 189 g/mol. The average Bonchev–Trinajstić information content (AvgIpc) is 2.47.